The zero-order chi connectivity index (χ0) is 12.4. The molecule has 0 saturated carbocycles. The molecular weight excluding hydrogens is 276 g/mol. The molecule has 0 N–H and O–H groups in total. The minimum Gasteiger partial charge on any atom is -0.371 e. The molecule has 0 unspecified atom stereocenters. The summed E-state index contributed by atoms with van der Waals surface area (Å²) in [5.41, 5.74) is 3.39. The molecule has 0 aliphatic rings. The normalized spacial score (nSPS) is 10.8. The van der Waals surface area contributed by atoms with Crippen molar-refractivity contribution in [3.63, 3.8) is 0 Å². The number of pyridine rings is 1. The first-order chi connectivity index (χ1) is 8.17. The molecule has 0 saturated heterocycles. The Kier molecular flexibility index (Phi) is 3.67. The Labute approximate surface area is 111 Å². The number of benzene rings is 1. The Hall–Kier alpha value is -1.09. The van der Waals surface area contributed by atoms with Crippen LogP contribution >= 0.6 is 15.9 Å². The van der Waals surface area contributed by atoms with Crippen molar-refractivity contribution >= 4 is 32.5 Å². The zero-order valence-corrected chi connectivity index (χ0v) is 12.1. The van der Waals surface area contributed by atoms with Crippen LogP contribution < -0.4 is 4.90 Å². The summed E-state index contributed by atoms with van der Waals surface area (Å²) in [6, 6.07) is 8.42. The van der Waals surface area contributed by atoms with Gasteiger partial charge in [-0.25, -0.2) is 0 Å². The number of anilines is 1. The summed E-state index contributed by atoms with van der Waals surface area (Å²) in [6.45, 7) is 8.45. The van der Waals surface area contributed by atoms with Crippen molar-refractivity contribution in [2.75, 3.05) is 18.0 Å². The summed E-state index contributed by atoms with van der Waals surface area (Å²) >= 11 is 3.58. The Morgan fingerprint density at radius 2 is 1.94 bits per heavy atom. The highest BCUT2D eigenvalue weighted by atomic mass is 79.9. The smallest absolute Gasteiger partial charge is 0.0867 e. The van der Waals surface area contributed by atoms with E-state index in [0.29, 0.717) is 0 Å². The van der Waals surface area contributed by atoms with Crippen molar-refractivity contribution in [3.8, 4) is 0 Å². The molecule has 2 aromatic rings. The monoisotopic (exact) mass is 292 g/mol. The molecule has 0 radical (unpaired) electrons. The van der Waals surface area contributed by atoms with Gasteiger partial charge in [-0.2, -0.15) is 0 Å². The van der Waals surface area contributed by atoms with Gasteiger partial charge in [0, 0.05) is 34.3 Å². The standard InChI is InChI=1S/C14H17BrN2/c1-4-17(5-2)13-9-10(3)16-14-11(13)7-6-8-12(14)15/h6-9H,4-5H2,1-3H3. The second-order valence-electron chi connectivity index (χ2n) is 4.09. The van der Waals surface area contributed by atoms with Crippen LogP contribution in [-0.2, 0) is 0 Å². The van der Waals surface area contributed by atoms with Crippen molar-refractivity contribution in [2.45, 2.75) is 20.8 Å². The quantitative estimate of drug-likeness (QED) is 0.845. The van der Waals surface area contributed by atoms with E-state index in [4.69, 9.17) is 0 Å². The minimum atomic E-state index is 1.02. The molecule has 1 aromatic heterocycles. The number of halogens is 1. The maximum Gasteiger partial charge on any atom is 0.0867 e. The Bertz CT molecular complexity index is 533. The molecule has 0 aliphatic carbocycles. The number of aromatic nitrogens is 1. The van der Waals surface area contributed by atoms with Crippen LogP contribution in [0.3, 0.4) is 0 Å². The first kappa shape index (κ1) is 12.4. The average Bonchev–Trinajstić information content (AvgIpc) is 2.32. The van der Waals surface area contributed by atoms with Crippen LogP contribution in [0.2, 0.25) is 0 Å². The van der Waals surface area contributed by atoms with E-state index in [9.17, 15) is 0 Å². The van der Waals surface area contributed by atoms with E-state index < -0.39 is 0 Å². The van der Waals surface area contributed by atoms with E-state index in [1.54, 1.807) is 0 Å². The van der Waals surface area contributed by atoms with Crippen LogP contribution in [0.1, 0.15) is 19.5 Å². The number of aryl methyl sites for hydroxylation is 1. The largest absolute Gasteiger partial charge is 0.371 e. The molecule has 0 atom stereocenters. The lowest BCUT2D eigenvalue weighted by Gasteiger charge is -2.23. The van der Waals surface area contributed by atoms with Gasteiger partial charge < -0.3 is 4.90 Å². The second kappa shape index (κ2) is 5.05. The number of para-hydroxylation sites is 1. The van der Waals surface area contributed by atoms with Gasteiger partial charge in [-0.3, -0.25) is 4.98 Å². The Morgan fingerprint density at radius 3 is 2.59 bits per heavy atom. The minimum absolute atomic E-state index is 1.02. The van der Waals surface area contributed by atoms with Crippen LogP contribution in [0.25, 0.3) is 10.9 Å². The molecule has 90 valence electrons. The maximum atomic E-state index is 4.61. The summed E-state index contributed by atoms with van der Waals surface area (Å²) in [5.74, 6) is 0. The van der Waals surface area contributed by atoms with Gasteiger partial charge in [0.1, 0.15) is 0 Å². The maximum absolute atomic E-state index is 4.61. The highest BCUT2D eigenvalue weighted by Crippen LogP contribution is 2.30. The van der Waals surface area contributed by atoms with Gasteiger partial charge in [0.05, 0.1) is 5.52 Å². The molecule has 1 heterocycles. The molecule has 2 nitrogen and oxygen atoms in total. The number of hydrogen-bond acceptors (Lipinski definition) is 2. The van der Waals surface area contributed by atoms with E-state index in [1.165, 1.54) is 11.1 Å². The number of fused-ring (bicyclic) bond motifs is 1. The summed E-state index contributed by atoms with van der Waals surface area (Å²) in [6.07, 6.45) is 0. The molecule has 0 fully saturated rings. The first-order valence-electron chi connectivity index (χ1n) is 5.98. The van der Waals surface area contributed by atoms with Crippen molar-refractivity contribution in [1.29, 1.82) is 0 Å². The summed E-state index contributed by atoms with van der Waals surface area (Å²) in [5, 5.41) is 1.22. The fourth-order valence-electron chi connectivity index (χ4n) is 2.15. The van der Waals surface area contributed by atoms with E-state index in [0.717, 1.165) is 28.8 Å². The molecule has 0 spiro atoms. The van der Waals surface area contributed by atoms with Crippen molar-refractivity contribution < 1.29 is 0 Å². The van der Waals surface area contributed by atoms with Crippen LogP contribution in [-0.4, -0.2) is 18.1 Å². The highest BCUT2D eigenvalue weighted by molar-refractivity contribution is 9.10. The van der Waals surface area contributed by atoms with Crippen LogP contribution in [0.5, 0.6) is 0 Å². The number of nitrogens with zero attached hydrogens (tertiary/aromatic N) is 2. The number of hydrogen-bond donors (Lipinski definition) is 0. The van der Waals surface area contributed by atoms with Crippen LogP contribution in [0.4, 0.5) is 5.69 Å². The fraction of sp³-hybridized carbons (Fsp3) is 0.357. The molecule has 17 heavy (non-hydrogen) atoms. The van der Waals surface area contributed by atoms with E-state index in [2.05, 4.69) is 57.9 Å². The third-order valence-corrected chi connectivity index (χ3v) is 3.64. The van der Waals surface area contributed by atoms with E-state index >= 15 is 0 Å². The van der Waals surface area contributed by atoms with Crippen molar-refractivity contribution in [3.05, 3.63) is 34.4 Å². The molecule has 0 bridgehead atoms. The Balaban J connectivity index is 2.74. The highest BCUT2D eigenvalue weighted by Gasteiger charge is 2.10. The molecule has 3 heteroatoms. The molecule has 2 rings (SSSR count). The van der Waals surface area contributed by atoms with Gasteiger partial charge in [0.2, 0.25) is 0 Å². The summed E-state index contributed by atoms with van der Waals surface area (Å²) in [4.78, 5) is 6.98. The van der Waals surface area contributed by atoms with Crippen molar-refractivity contribution in [2.24, 2.45) is 0 Å². The van der Waals surface area contributed by atoms with Crippen LogP contribution in [0, 0.1) is 6.92 Å². The molecular formula is C14H17BrN2. The lowest BCUT2D eigenvalue weighted by atomic mass is 10.1. The van der Waals surface area contributed by atoms with Gasteiger partial charge >= 0.3 is 0 Å². The fourth-order valence-corrected chi connectivity index (χ4v) is 2.60. The SMILES string of the molecule is CCN(CC)c1cc(C)nc2c(Br)cccc12. The van der Waals surface area contributed by atoms with Gasteiger partial charge in [-0.05, 0) is 48.8 Å². The predicted molar refractivity (Wildman–Crippen MR) is 77.7 cm³/mol. The van der Waals surface area contributed by atoms with Crippen molar-refractivity contribution in [1.82, 2.24) is 4.98 Å². The zero-order valence-electron chi connectivity index (χ0n) is 10.5. The second-order valence-corrected chi connectivity index (χ2v) is 4.95. The van der Waals surface area contributed by atoms with E-state index in [1.807, 2.05) is 13.0 Å². The topological polar surface area (TPSA) is 16.1 Å². The van der Waals surface area contributed by atoms with Gasteiger partial charge in [-0.15, -0.1) is 0 Å². The lowest BCUT2D eigenvalue weighted by Crippen LogP contribution is -2.22. The van der Waals surface area contributed by atoms with E-state index in [-0.39, 0.29) is 0 Å². The Morgan fingerprint density at radius 1 is 1.24 bits per heavy atom. The molecule has 1 aromatic carbocycles. The van der Waals surface area contributed by atoms with Crippen LogP contribution in [0.15, 0.2) is 28.7 Å². The molecule has 0 aliphatic heterocycles. The average molecular weight is 293 g/mol. The third kappa shape index (κ3) is 2.29. The summed E-state index contributed by atoms with van der Waals surface area (Å²) in [7, 11) is 0. The van der Waals surface area contributed by atoms with Gasteiger partial charge in [-0.1, -0.05) is 12.1 Å². The molecule has 0 amide bonds. The van der Waals surface area contributed by atoms with Gasteiger partial charge in [0.25, 0.3) is 0 Å². The third-order valence-electron chi connectivity index (χ3n) is 3.00. The number of rotatable bonds is 3. The summed E-state index contributed by atoms with van der Waals surface area (Å²) < 4.78 is 1.06. The predicted octanol–water partition coefficient (Wildman–Crippen LogP) is 4.15. The van der Waals surface area contributed by atoms with Gasteiger partial charge in [0.15, 0.2) is 0 Å². The first-order valence-corrected chi connectivity index (χ1v) is 6.77. The lowest BCUT2D eigenvalue weighted by molar-refractivity contribution is 0.868.